The molecule has 4 nitrogen and oxygen atoms in total. The zero-order valence-electron chi connectivity index (χ0n) is 14.5. The standard InChI is InChI=1S/C19H20BN3OS/c1-23-17(8-5-9-24-12-13-6-3-2-4-7-13)22-15-11-21-14-10-16(20)25-19(14)18(15)23/h2-4,6-7,10-11H,5,8-9,12,20H2,1H3. The third-order valence-electron chi connectivity index (χ3n) is 4.39. The smallest absolute Gasteiger partial charge is 0.152 e. The number of aromatic nitrogens is 3. The Morgan fingerprint density at radius 2 is 2.04 bits per heavy atom. The summed E-state index contributed by atoms with van der Waals surface area (Å²) in [5.74, 6) is 1.10. The molecular formula is C19H20BN3OS. The summed E-state index contributed by atoms with van der Waals surface area (Å²) in [6.45, 7) is 1.41. The first-order valence-corrected chi connectivity index (χ1v) is 9.36. The normalized spacial score (nSPS) is 11.6. The van der Waals surface area contributed by atoms with Crippen molar-refractivity contribution < 1.29 is 4.74 Å². The number of thiophene rings is 1. The second kappa shape index (κ2) is 6.98. The maximum absolute atomic E-state index is 5.78. The molecule has 25 heavy (non-hydrogen) atoms. The van der Waals surface area contributed by atoms with Gasteiger partial charge in [-0.2, -0.15) is 0 Å². The third kappa shape index (κ3) is 3.32. The number of nitrogens with zero attached hydrogens (tertiary/aromatic N) is 3. The highest BCUT2D eigenvalue weighted by atomic mass is 32.1. The summed E-state index contributed by atoms with van der Waals surface area (Å²) in [6, 6.07) is 12.4. The van der Waals surface area contributed by atoms with Crippen molar-refractivity contribution in [3.63, 3.8) is 0 Å². The van der Waals surface area contributed by atoms with E-state index >= 15 is 0 Å². The lowest BCUT2D eigenvalue weighted by Crippen LogP contribution is -2.02. The van der Waals surface area contributed by atoms with E-state index in [1.807, 2.05) is 24.4 Å². The van der Waals surface area contributed by atoms with E-state index < -0.39 is 0 Å². The van der Waals surface area contributed by atoms with E-state index in [2.05, 4.69) is 42.6 Å². The van der Waals surface area contributed by atoms with Crippen LogP contribution in [-0.4, -0.2) is 29.0 Å². The number of hydrogen-bond acceptors (Lipinski definition) is 4. The van der Waals surface area contributed by atoms with Gasteiger partial charge in [0.2, 0.25) is 0 Å². The highest BCUT2D eigenvalue weighted by Gasteiger charge is 2.13. The molecule has 126 valence electrons. The Morgan fingerprint density at radius 1 is 1.20 bits per heavy atom. The van der Waals surface area contributed by atoms with Gasteiger partial charge in [-0.15, -0.1) is 11.3 Å². The second-order valence-electron chi connectivity index (χ2n) is 6.29. The fourth-order valence-electron chi connectivity index (χ4n) is 3.14. The Balaban J connectivity index is 1.43. The molecule has 0 aliphatic heterocycles. The Labute approximate surface area is 151 Å². The Kier molecular flexibility index (Phi) is 4.55. The fourth-order valence-corrected chi connectivity index (χ4v) is 4.19. The topological polar surface area (TPSA) is 39.9 Å². The predicted octanol–water partition coefficient (Wildman–Crippen LogP) is 2.59. The number of aryl methyl sites for hydroxylation is 2. The molecule has 3 heterocycles. The molecule has 0 bridgehead atoms. The maximum atomic E-state index is 5.78. The average Bonchev–Trinajstić information content (AvgIpc) is 3.15. The average molecular weight is 349 g/mol. The van der Waals surface area contributed by atoms with Gasteiger partial charge in [0, 0.05) is 20.1 Å². The van der Waals surface area contributed by atoms with Crippen LogP contribution in [0.2, 0.25) is 0 Å². The molecule has 0 N–H and O–H groups in total. The van der Waals surface area contributed by atoms with Gasteiger partial charge in [-0.3, -0.25) is 4.98 Å². The Bertz CT molecular complexity index is 1010. The molecule has 4 aromatic rings. The Hall–Kier alpha value is -2.18. The lowest BCUT2D eigenvalue weighted by Gasteiger charge is -2.05. The van der Waals surface area contributed by atoms with Crippen molar-refractivity contribution in [2.75, 3.05) is 6.61 Å². The van der Waals surface area contributed by atoms with E-state index in [4.69, 9.17) is 9.72 Å². The molecular weight excluding hydrogens is 329 g/mol. The summed E-state index contributed by atoms with van der Waals surface area (Å²) in [4.78, 5) is 9.32. The van der Waals surface area contributed by atoms with Gasteiger partial charge >= 0.3 is 0 Å². The molecule has 0 saturated carbocycles. The van der Waals surface area contributed by atoms with Crippen LogP contribution in [0.15, 0.2) is 42.6 Å². The van der Waals surface area contributed by atoms with E-state index in [9.17, 15) is 0 Å². The molecule has 3 aromatic heterocycles. The van der Waals surface area contributed by atoms with Crippen LogP contribution >= 0.6 is 11.3 Å². The van der Waals surface area contributed by atoms with Crippen molar-refractivity contribution in [1.29, 1.82) is 0 Å². The molecule has 0 amide bonds. The van der Waals surface area contributed by atoms with Crippen LogP contribution in [-0.2, 0) is 24.8 Å². The maximum Gasteiger partial charge on any atom is 0.152 e. The number of rotatable bonds is 6. The van der Waals surface area contributed by atoms with Gasteiger partial charge in [0.15, 0.2) is 7.85 Å². The van der Waals surface area contributed by atoms with Crippen molar-refractivity contribution >= 4 is 45.2 Å². The number of ether oxygens (including phenoxy) is 1. The van der Waals surface area contributed by atoms with Gasteiger partial charge in [0.1, 0.15) is 11.3 Å². The van der Waals surface area contributed by atoms with Gasteiger partial charge < -0.3 is 9.30 Å². The van der Waals surface area contributed by atoms with E-state index in [1.165, 1.54) is 20.6 Å². The van der Waals surface area contributed by atoms with Crippen molar-refractivity contribution in [3.8, 4) is 0 Å². The quantitative estimate of drug-likeness (QED) is 0.397. The molecule has 6 heteroatoms. The minimum absolute atomic E-state index is 0.669. The first-order chi connectivity index (χ1) is 12.2. The summed E-state index contributed by atoms with van der Waals surface area (Å²) >= 11 is 1.79. The Morgan fingerprint density at radius 3 is 2.88 bits per heavy atom. The SMILES string of the molecule is Bc1cc2ncc3nc(CCCOCc4ccccc4)n(C)c3c2s1. The van der Waals surface area contributed by atoms with Gasteiger partial charge in [-0.05, 0) is 22.8 Å². The van der Waals surface area contributed by atoms with E-state index in [1.54, 1.807) is 11.3 Å². The summed E-state index contributed by atoms with van der Waals surface area (Å²) < 4.78 is 10.5. The van der Waals surface area contributed by atoms with Crippen molar-refractivity contribution in [2.24, 2.45) is 7.05 Å². The lowest BCUT2D eigenvalue weighted by molar-refractivity contribution is 0.118. The van der Waals surface area contributed by atoms with Crippen LogP contribution in [0, 0.1) is 0 Å². The molecule has 0 aliphatic rings. The van der Waals surface area contributed by atoms with Crippen LogP contribution < -0.4 is 4.78 Å². The van der Waals surface area contributed by atoms with Gasteiger partial charge in [-0.1, -0.05) is 30.3 Å². The zero-order valence-corrected chi connectivity index (χ0v) is 15.3. The lowest BCUT2D eigenvalue weighted by atomic mass is 10.1. The first kappa shape index (κ1) is 16.3. The minimum atomic E-state index is 0.669. The van der Waals surface area contributed by atoms with Crippen LogP contribution in [0.3, 0.4) is 0 Å². The molecule has 0 spiro atoms. The molecule has 0 saturated heterocycles. The zero-order chi connectivity index (χ0) is 17.2. The van der Waals surface area contributed by atoms with Crippen molar-refractivity contribution in [3.05, 3.63) is 54.0 Å². The highest BCUT2D eigenvalue weighted by molar-refractivity contribution is 7.26. The molecule has 4 rings (SSSR count). The van der Waals surface area contributed by atoms with Gasteiger partial charge in [0.25, 0.3) is 0 Å². The summed E-state index contributed by atoms with van der Waals surface area (Å²) in [6.07, 6.45) is 3.76. The molecule has 1 aromatic carbocycles. The number of fused-ring (bicyclic) bond motifs is 3. The highest BCUT2D eigenvalue weighted by Crippen LogP contribution is 2.27. The molecule has 0 radical (unpaired) electrons. The number of hydrogen-bond donors (Lipinski definition) is 0. The summed E-state index contributed by atoms with van der Waals surface area (Å²) in [5, 5.41) is 0. The molecule has 0 fully saturated rings. The monoisotopic (exact) mass is 349 g/mol. The predicted molar refractivity (Wildman–Crippen MR) is 106 cm³/mol. The molecule has 0 unspecified atom stereocenters. The minimum Gasteiger partial charge on any atom is -0.377 e. The van der Waals surface area contributed by atoms with Crippen LogP contribution in [0.4, 0.5) is 0 Å². The number of pyridine rings is 1. The molecule has 0 atom stereocenters. The fraction of sp³-hybridized carbons (Fsp3) is 0.263. The van der Waals surface area contributed by atoms with Crippen LogP contribution in [0.25, 0.3) is 21.3 Å². The largest absolute Gasteiger partial charge is 0.377 e. The summed E-state index contributed by atoms with van der Waals surface area (Å²) in [7, 11) is 4.23. The van der Waals surface area contributed by atoms with Crippen molar-refractivity contribution in [1.82, 2.24) is 14.5 Å². The molecule has 0 aliphatic carbocycles. The van der Waals surface area contributed by atoms with Crippen LogP contribution in [0.1, 0.15) is 17.8 Å². The van der Waals surface area contributed by atoms with E-state index in [0.29, 0.717) is 6.61 Å². The van der Waals surface area contributed by atoms with E-state index in [-0.39, 0.29) is 0 Å². The van der Waals surface area contributed by atoms with Gasteiger partial charge in [-0.25, -0.2) is 4.98 Å². The number of imidazole rings is 1. The van der Waals surface area contributed by atoms with E-state index in [0.717, 1.165) is 36.3 Å². The summed E-state index contributed by atoms with van der Waals surface area (Å²) in [5.41, 5.74) is 4.46. The van der Waals surface area contributed by atoms with Crippen LogP contribution in [0.5, 0.6) is 0 Å². The van der Waals surface area contributed by atoms with Gasteiger partial charge in [0.05, 0.1) is 28.5 Å². The number of benzene rings is 1. The second-order valence-corrected chi connectivity index (χ2v) is 7.55. The van der Waals surface area contributed by atoms with Crippen molar-refractivity contribution in [2.45, 2.75) is 19.4 Å². The first-order valence-electron chi connectivity index (χ1n) is 8.54. The third-order valence-corrected chi connectivity index (χ3v) is 5.44.